The normalized spacial score (nSPS) is 15.5. The molecule has 0 saturated carbocycles. The van der Waals surface area contributed by atoms with Gasteiger partial charge >= 0.3 is 5.97 Å². The average molecular weight is 306 g/mol. The average Bonchev–Trinajstić information content (AvgIpc) is 2.55. The second kappa shape index (κ2) is 7.72. The lowest BCUT2D eigenvalue weighted by molar-refractivity contribution is -0.149. The van der Waals surface area contributed by atoms with Crippen LogP contribution in [0, 0.1) is 5.92 Å². The largest absolute Gasteiger partial charge is 0.465 e. The zero-order chi connectivity index (χ0) is 15.9. The Morgan fingerprint density at radius 2 is 2.09 bits per heavy atom. The van der Waals surface area contributed by atoms with Crippen LogP contribution in [0.5, 0.6) is 0 Å². The first-order chi connectivity index (χ1) is 10.6. The zero-order valence-electron chi connectivity index (χ0n) is 13.1. The van der Waals surface area contributed by atoms with E-state index in [1.807, 2.05) is 0 Å². The summed E-state index contributed by atoms with van der Waals surface area (Å²) in [5, 5.41) is 0. The molecule has 1 amide bonds. The van der Waals surface area contributed by atoms with Gasteiger partial charge in [0.1, 0.15) is 12.4 Å². The summed E-state index contributed by atoms with van der Waals surface area (Å²) in [7, 11) is 1.65. The summed E-state index contributed by atoms with van der Waals surface area (Å²) >= 11 is 0. The molecule has 0 bridgehead atoms. The number of rotatable bonds is 5. The summed E-state index contributed by atoms with van der Waals surface area (Å²) < 4.78 is 4.87. The summed E-state index contributed by atoms with van der Waals surface area (Å²) in [6.45, 7) is 3.63. The fourth-order valence-electron chi connectivity index (χ4n) is 2.60. The van der Waals surface area contributed by atoms with Gasteiger partial charge in [0.05, 0.1) is 12.8 Å². The minimum Gasteiger partial charge on any atom is -0.465 e. The molecule has 0 atom stereocenters. The molecule has 1 aromatic heterocycles. The van der Waals surface area contributed by atoms with Gasteiger partial charge in [0.2, 0.25) is 5.91 Å². The van der Waals surface area contributed by atoms with E-state index >= 15 is 0 Å². The second-order valence-corrected chi connectivity index (χ2v) is 5.32. The van der Waals surface area contributed by atoms with E-state index in [1.54, 1.807) is 32.6 Å². The van der Waals surface area contributed by atoms with Crippen molar-refractivity contribution in [1.29, 1.82) is 0 Å². The van der Waals surface area contributed by atoms with Gasteiger partial charge in [-0.15, -0.1) is 0 Å². The Bertz CT molecular complexity index is 501. The van der Waals surface area contributed by atoms with E-state index in [0.717, 1.165) is 31.7 Å². The van der Waals surface area contributed by atoms with E-state index in [0.29, 0.717) is 6.61 Å². The molecule has 7 heteroatoms. The van der Waals surface area contributed by atoms with Gasteiger partial charge in [0.15, 0.2) is 0 Å². The highest BCUT2D eigenvalue weighted by atomic mass is 16.5. The lowest BCUT2D eigenvalue weighted by Gasteiger charge is -2.33. The van der Waals surface area contributed by atoms with Crippen molar-refractivity contribution >= 4 is 17.7 Å². The summed E-state index contributed by atoms with van der Waals surface area (Å²) in [6.07, 6.45) is 6.55. The maximum absolute atomic E-state index is 12.4. The van der Waals surface area contributed by atoms with Crippen molar-refractivity contribution < 1.29 is 14.3 Å². The molecule has 0 aliphatic carbocycles. The highest BCUT2D eigenvalue weighted by Crippen LogP contribution is 2.22. The fraction of sp³-hybridized carbons (Fsp3) is 0.600. The molecule has 1 aliphatic rings. The number of anilines is 1. The van der Waals surface area contributed by atoms with E-state index in [1.165, 1.54) is 4.90 Å². The SMILES string of the molecule is CCOC(=O)CN(C)C(=O)C1CCN(c2cnccn2)CC1. The Hall–Kier alpha value is -2.18. The molecule has 1 saturated heterocycles. The predicted molar refractivity (Wildman–Crippen MR) is 81.2 cm³/mol. The molecule has 0 spiro atoms. The molecule has 0 aromatic carbocycles. The number of carbonyl (C=O) groups excluding carboxylic acids is 2. The molecular weight excluding hydrogens is 284 g/mol. The van der Waals surface area contributed by atoms with Gasteiger partial charge in [0.25, 0.3) is 0 Å². The van der Waals surface area contributed by atoms with Gasteiger partial charge in [-0.25, -0.2) is 4.98 Å². The van der Waals surface area contributed by atoms with Crippen LogP contribution in [0.4, 0.5) is 5.82 Å². The molecule has 1 aromatic rings. The van der Waals surface area contributed by atoms with Crippen molar-refractivity contribution in [3.8, 4) is 0 Å². The van der Waals surface area contributed by atoms with Gasteiger partial charge < -0.3 is 14.5 Å². The van der Waals surface area contributed by atoms with Crippen LogP contribution in [0.2, 0.25) is 0 Å². The first-order valence-corrected chi connectivity index (χ1v) is 7.53. The molecule has 1 fully saturated rings. The van der Waals surface area contributed by atoms with Crippen molar-refractivity contribution in [1.82, 2.24) is 14.9 Å². The first-order valence-electron chi connectivity index (χ1n) is 7.53. The Morgan fingerprint density at radius 3 is 2.68 bits per heavy atom. The van der Waals surface area contributed by atoms with E-state index in [9.17, 15) is 9.59 Å². The van der Waals surface area contributed by atoms with Gasteiger partial charge in [-0.1, -0.05) is 0 Å². The third-order valence-electron chi connectivity index (χ3n) is 3.77. The number of aromatic nitrogens is 2. The van der Waals surface area contributed by atoms with Crippen LogP contribution in [0.15, 0.2) is 18.6 Å². The summed E-state index contributed by atoms with van der Waals surface area (Å²) in [5.74, 6) is 0.433. The van der Waals surface area contributed by atoms with Crippen molar-refractivity contribution in [3.63, 3.8) is 0 Å². The molecule has 120 valence electrons. The topological polar surface area (TPSA) is 75.6 Å². The molecule has 0 unspecified atom stereocenters. The molecule has 0 N–H and O–H groups in total. The Kier molecular flexibility index (Phi) is 5.68. The minimum absolute atomic E-state index is 0.00634. The van der Waals surface area contributed by atoms with Crippen LogP contribution in [0.3, 0.4) is 0 Å². The smallest absolute Gasteiger partial charge is 0.325 e. The van der Waals surface area contributed by atoms with Crippen molar-refractivity contribution in [2.75, 3.05) is 38.2 Å². The number of amides is 1. The summed E-state index contributed by atoms with van der Waals surface area (Å²) in [5.41, 5.74) is 0. The molecule has 22 heavy (non-hydrogen) atoms. The standard InChI is InChI=1S/C15H22N4O3/c1-3-22-14(20)11-18(2)15(21)12-4-8-19(9-5-12)13-10-16-6-7-17-13/h6-7,10,12H,3-5,8-9,11H2,1-2H3. The van der Waals surface area contributed by atoms with Crippen LogP contribution in [0.1, 0.15) is 19.8 Å². The van der Waals surface area contributed by atoms with Crippen molar-refractivity contribution in [3.05, 3.63) is 18.6 Å². The number of hydrogen-bond acceptors (Lipinski definition) is 6. The van der Waals surface area contributed by atoms with Gasteiger partial charge in [-0.2, -0.15) is 0 Å². The predicted octanol–water partition coefficient (Wildman–Crippen LogP) is 0.714. The number of esters is 1. The third-order valence-corrected chi connectivity index (χ3v) is 3.77. The number of carbonyl (C=O) groups is 2. The quantitative estimate of drug-likeness (QED) is 0.746. The van der Waals surface area contributed by atoms with Crippen LogP contribution in [-0.4, -0.2) is 60.0 Å². The van der Waals surface area contributed by atoms with Crippen LogP contribution in [-0.2, 0) is 14.3 Å². The lowest BCUT2D eigenvalue weighted by Crippen LogP contribution is -2.43. The van der Waals surface area contributed by atoms with Crippen LogP contribution in [0.25, 0.3) is 0 Å². The molecule has 7 nitrogen and oxygen atoms in total. The highest BCUT2D eigenvalue weighted by molar-refractivity contribution is 5.83. The van der Waals surface area contributed by atoms with Crippen molar-refractivity contribution in [2.24, 2.45) is 5.92 Å². The van der Waals surface area contributed by atoms with Gasteiger partial charge in [-0.3, -0.25) is 14.6 Å². The number of piperidine rings is 1. The molecular formula is C15H22N4O3. The van der Waals surface area contributed by atoms with Crippen LogP contribution < -0.4 is 4.90 Å². The van der Waals surface area contributed by atoms with E-state index in [2.05, 4.69) is 14.9 Å². The highest BCUT2D eigenvalue weighted by Gasteiger charge is 2.28. The second-order valence-electron chi connectivity index (χ2n) is 5.32. The maximum atomic E-state index is 12.4. The summed E-state index contributed by atoms with van der Waals surface area (Å²) in [6, 6.07) is 0. The van der Waals surface area contributed by atoms with Gasteiger partial charge in [-0.05, 0) is 19.8 Å². The van der Waals surface area contributed by atoms with E-state index < -0.39 is 0 Å². The first kappa shape index (κ1) is 16.2. The number of likely N-dealkylation sites (N-methyl/N-ethyl adjacent to an activating group) is 1. The maximum Gasteiger partial charge on any atom is 0.325 e. The molecule has 2 heterocycles. The Morgan fingerprint density at radius 1 is 1.36 bits per heavy atom. The molecule has 2 rings (SSSR count). The number of nitrogens with zero attached hydrogens (tertiary/aromatic N) is 4. The van der Waals surface area contributed by atoms with Crippen LogP contribution >= 0.6 is 0 Å². The molecule has 0 radical (unpaired) electrons. The van der Waals surface area contributed by atoms with E-state index in [-0.39, 0.29) is 24.3 Å². The number of hydrogen-bond donors (Lipinski definition) is 0. The number of ether oxygens (including phenoxy) is 1. The lowest BCUT2D eigenvalue weighted by atomic mass is 9.95. The Labute approximate surface area is 130 Å². The molecule has 1 aliphatic heterocycles. The Balaban J connectivity index is 1.83. The van der Waals surface area contributed by atoms with E-state index in [4.69, 9.17) is 4.74 Å². The third kappa shape index (κ3) is 4.16. The zero-order valence-corrected chi connectivity index (χ0v) is 13.1. The fourth-order valence-corrected chi connectivity index (χ4v) is 2.60. The van der Waals surface area contributed by atoms with Crippen molar-refractivity contribution in [2.45, 2.75) is 19.8 Å². The van der Waals surface area contributed by atoms with Gasteiger partial charge in [0, 0.05) is 38.4 Å². The minimum atomic E-state index is -0.365. The monoisotopic (exact) mass is 306 g/mol. The summed E-state index contributed by atoms with van der Waals surface area (Å²) in [4.78, 5) is 35.7.